The van der Waals surface area contributed by atoms with E-state index < -0.39 is 39.9 Å². The second-order valence-electron chi connectivity index (χ2n) is 11.6. The molecule has 0 bridgehead atoms. The molecule has 4 aromatic rings. The van der Waals surface area contributed by atoms with Crippen molar-refractivity contribution in [3.8, 4) is 11.5 Å². The second-order valence-corrected chi connectivity index (χ2v) is 11.6. The largest absolute Gasteiger partial charge is 0.454 e. The average Bonchev–Trinajstić information content (AvgIpc) is 3.73. The summed E-state index contributed by atoms with van der Waals surface area (Å²) in [6, 6.07) is 23.3. The number of Topliss-reactive ketones (excluding diaryl/α,β-unsaturated/α-hetero) is 2. The molecule has 0 aromatic heterocycles. The fraction of sp³-hybridized carbons (Fsp3) is 0.171. The van der Waals surface area contributed by atoms with Crippen LogP contribution in [0.25, 0.3) is 5.57 Å². The van der Waals surface area contributed by atoms with Crippen molar-refractivity contribution in [3.63, 3.8) is 0 Å². The highest BCUT2D eigenvalue weighted by Gasteiger charge is 2.70. The minimum Gasteiger partial charge on any atom is -0.454 e. The predicted molar refractivity (Wildman–Crippen MR) is 165 cm³/mol. The zero-order chi connectivity index (χ0) is 31.0. The maximum absolute atomic E-state index is 15.0. The van der Waals surface area contributed by atoms with Gasteiger partial charge in [-0.25, -0.2) is 0 Å². The number of carbonyl (C=O) groups is 3. The number of hydrogen-bond acceptors (Lipinski definition) is 8. The minimum atomic E-state index is -1.49. The molecule has 4 aromatic carbocycles. The van der Waals surface area contributed by atoms with Crippen molar-refractivity contribution >= 4 is 40.1 Å². The number of hydrogen-bond donors (Lipinski definition) is 1. The summed E-state index contributed by atoms with van der Waals surface area (Å²) in [5, 5.41) is 14.4. The Morgan fingerprint density at radius 2 is 1.62 bits per heavy atom. The lowest BCUT2D eigenvalue weighted by molar-refractivity contribution is -0.384. The van der Waals surface area contributed by atoms with E-state index in [1.165, 1.54) is 24.3 Å². The molecule has 4 aliphatic rings. The molecule has 1 amide bonds. The Balaban J connectivity index is 1.40. The van der Waals surface area contributed by atoms with Gasteiger partial charge in [-0.3, -0.25) is 24.5 Å². The number of anilines is 2. The van der Waals surface area contributed by atoms with Crippen LogP contribution < -0.4 is 19.7 Å². The molecule has 8 rings (SSSR count). The zero-order valence-corrected chi connectivity index (χ0v) is 23.9. The number of allylic oxidation sites excluding steroid dienone is 1. The number of nitro groups is 1. The summed E-state index contributed by atoms with van der Waals surface area (Å²) < 4.78 is 11.1. The molecule has 0 radical (unpaired) electrons. The van der Waals surface area contributed by atoms with E-state index in [1.807, 2.05) is 60.4 Å². The van der Waals surface area contributed by atoms with E-state index in [1.54, 1.807) is 24.3 Å². The molecule has 0 aliphatic carbocycles. The number of rotatable bonds is 5. The first-order chi connectivity index (χ1) is 21.8. The van der Waals surface area contributed by atoms with E-state index in [-0.39, 0.29) is 29.5 Å². The van der Waals surface area contributed by atoms with Crippen molar-refractivity contribution in [2.75, 3.05) is 17.0 Å². The van der Waals surface area contributed by atoms with Crippen LogP contribution in [0, 0.1) is 16.0 Å². The van der Waals surface area contributed by atoms with Crippen LogP contribution in [0.5, 0.6) is 11.5 Å². The van der Waals surface area contributed by atoms with Crippen LogP contribution in [-0.4, -0.2) is 41.3 Å². The number of para-hydroxylation sites is 2. The van der Waals surface area contributed by atoms with Gasteiger partial charge in [-0.2, -0.15) is 0 Å². The van der Waals surface area contributed by atoms with Crippen molar-refractivity contribution in [3.05, 3.63) is 129 Å². The topological polar surface area (TPSA) is 128 Å². The van der Waals surface area contributed by atoms with Crippen molar-refractivity contribution in [1.82, 2.24) is 0 Å². The van der Waals surface area contributed by atoms with Crippen LogP contribution in [0.4, 0.5) is 17.1 Å². The fourth-order valence-electron chi connectivity index (χ4n) is 7.53. The van der Waals surface area contributed by atoms with E-state index in [2.05, 4.69) is 5.32 Å². The number of nitrogens with one attached hydrogen (secondary N) is 1. The summed E-state index contributed by atoms with van der Waals surface area (Å²) in [6.07, 6.45) is 1.98. The Morgan fingerprint density at radius 3 is 2.42 bits per heavy atom. The van der Waals surface area contributed by atoms with Crippen LogP contribution in [0.1, 0.15) is 38.8 Å². The SMILES string of the molecule is CC1=C[C@@H]2N(c3ccccc31)[C@H](C(=O)c1ccc([N+](=O)[O-])cc1)[C@H](C(=O)c1ccc3c(c1)OCO3)[C@@]21C(=O)Nc2ccccc21. The summed E-state index contributed by atoms with van der Waals surface area (Å²) in [6.45, 7) is 1.98. The molecule has 1 N–H and O–H groups in total. The van der Waals surface area contributed by atoms with Gasteiger partial charge in [0.1, 0.15) is 11.5 Å². The number of non-ortho nitro benzene ring substituents is 1. The fourth-order valence-corrected chi connectivity index (χ4v) is 7.53. The molecular weight excluding hydrogens is 574 g/mol. The Morgan fingerprint density at radius 1 is 0.911 bits per heavy atom. The van der Waals surface area contributed by atoms with Crippen molar-refractivity contribution in [2.45, 2.75) is 24.4 Å². The van der Waals surface area contributed by atoms with Crippen LogP contribution in [-0.2, 0) is 10.2 Å². The van der Waals surface area contributed by atoms with Gasteiger partial charge >= 0.3 is 0 Å². The number of nitrogens with zero attached hydrogens (tertiary/aromatic N) is 2. The quantitative estimate of drug-likeness (QED) is 0.179. The van der Waals surface area contributed by atoms with Gasteiger partial charge in [0.05, 0.1) is 16.9 Å². The van der Waals surface area contributed by atoms with Gasteiger partial charge in [0.15, 0.2) is 23.1 Å². The number of ether oxygens (including phenoxy) is 2. The lowest BCUT2D eigenvalue weighted by Gasteiger charge is -2.39. The first-order valence-electron chi connectivity index (χ1n) is 14.5. The van der Waals surface area contributed by atoms with E-state index in [0.717, 1.165) is 16.8 Å². The summed E-state index contributed by atoms with van der Waals surface area (Å²) in [4.78, 5) is 57.1. The molecule has 222 valence electrons. The standard InChI is InChI=1S/C35H25N3O7/c1-19-16-29-35(24-7-3-4-8-25(24)36-34(35)41)30(32(39)21-12-15-27-28(17-21)45-18-44-27)31(37(29)26-9-5-2-6-23(19)26)33(40)20-10-13-22(14-11-20)38(42)43/h2-17,29-31H,18H2,1H3,(H,36,41)/t29-,30+,31-,35-/m0/s1. The lowest BCUT2D eigenvalue weighted by atomic mass is 9.64. The Kier molecular flexibility index (Phi) is 5.73. The monoisotopic (exact) mass is 599 g/mol. The Bertz CT molecular complexity index is 2000. The third kappa shape index (κ3) is 3.65. The number of ketones is 2. The van der Waals surface area contributed by atoms with Gasteiger partial charge in [-0.15, -0.1) is 0 Å². The van der Waals surface area contributed by atoms with E-state index in [4.69, 9.17) is 9.47 Å². The molecule has 0 unspecified atom stereocenters. The molecule has 1 spiro atoms. The molecule has 10 nitrogen and oxygen atoms in total. The van der Waals surface area contributed by atoms with Crippen molar-refractivity contribution < 1.29 is 28.8 Å². The Labute approximate surface area is 257 Å². The van der Waals surface area contributed by atoms with E-state index in [0.29, 0.717) is 22.7 Å². The molecule has 0 saturated carbocycles. The summed E-state index contributed by atoms with van der Waals surface area (Å²) in [5.74, 6) is -1.49. The van der Waals surface area contributed by atoms with Crippen molar-refractivity contribution in [1.29, 1.82) is 0 Å². The van der Waals surface area contributed by atoms with Crippen molar-refractivity contribution in [2.24, 2.45) is 5.92 Å². The molecular formula is C35H25N3O7. The highest BCUT2D eigenvalue weighted by molar-refractivity contribution is 6.18. The third-order valence-electron chi connectivity index (χ3n) is 9.45. The first kappa shape index (κ1) is 26.8. The number of fused-ring (bicyclic) bond motifs is 7. The molecule has 4 heterocycles. The average molecular weight is 600 g/mol. The maximum Gasteiger partial charge on any atom is 0.269 e. The summed E-state index contributed by atoms with van der Waals surface area (Å²) in [5.41, 5.74) is 2.56. The first-order valence-corrected chi connectivity index (χ1v) is 14.5. The smallest absolute Gasteiger partial charge is 0.269 e. The summed E-state index contributed by atoms with van der Waals surface area (Å²) in [7, 11) is 0. The number of benzene rings is 4. The van der Waals surface area contributed by atoms with Crippen LogP contribution in [0.2, 0.25) is 0 Å². The highest BCUT2D eigenvalue weighted by Crippen LogP contribution is 2.59. The third-order valence-corrected chi connectivity index (χ3v) is 9.45. The van der Waals surface area contributed by atoms with Crippen LogP contribution >= 0.6 is 0 Å². The number of amides is 1. The number of carbonyl (C=O) groups excluding carboxylic acids is 3. The molecule has 1 saturated heterocycles. The normalized spacial score (nSPS) is 23.6. The van der Waals surface area contributed by atoms with E-state index >= 15 is 4.79 Å². The van der Waals surface area contributed by atoms with Gasteiger partial charge in [0.25, 0.3) is 5.69 Å². The summed E-state index contributed by atoms with van der Waals surface area (Å²) >= 11 is 0. The zero-order valence-electron chi connectivity index (χ0n) is 23.9. The van der Waals surface area contributed by atoms with Crippen LogP contribution in [0.15, 0.2) is 97.1 Å². The van der Waals surface area contributed by atoms with Gasteiger partial charge in [0.2, 0.25) is 12.7 Å². The Hall–Kier alpha value is -5.77. The molecule has 4 atom stereocenters. The maximum atomic E-state index is 15.0. The predicted octanol–water partition coefficient (Wildman–Crippen LogP) is 5.57. The number of nitro benzene ring substituents is 1. The molecule has 10 heteroatoms. The van der Waals surface area contributed by atoms with Gasteiger partial charge < -0.3 is 19.7 Å². The lowest BCUT2D eigenvalue weighted by Crippen LogP contribution is -2.51. The minimum absolute atomic E-state index is 0.0219. The van der Waals surface area contributed by atoms with Gasteiger partial charge in [0, 0.05) is 40.2 Å². The molecule has 1 fully saturated rings. The second kappa shape index (κ2) is 9.62. The van der Waals surface area contributed by atoms with Gasteiger partial charge in [-0.1, -0.05) is 42.5 Å². The molecule has 4 aliphatic heterocycles. The molecule has 45 heavy (non-hydrogen) atoms. The van der Waals surface area contributed by atoms with Gasteiger partial charge in [-0.05, 0) is 60.5 Å². The highest BCUT2D eigenvalue weighted by atomic mass is 16.7. The van der Waals surface area contributed by atoms with Crippen LogP contribution in [0.3, 0.4) is 0 Å². The van der Waals surface area contributed by atoms with E-state index in [9.17, 15) is 19.7 Å².